The third-order valence-electron chi connectivity index (χ3n) is 3.04. The Hall–Kier alpha value is -1.74. The molecular weight excluding hydrogens is 349 g/mol. The molecule has 0 bridgehead atoms. The van der Waals surface area contributed by atoms with Crippen LogP contribution in [0.15, 0.2) is 30.0 Å². The molecule has 24 heavy (non-hydrogen) atoms. The van der Waals surface area contributed by atoms with Crippen LogP contribution in [0.1, 0.15) is 26.2 Å². The van der Waals surface area contributed by atoms with Gasteiger partial charge in [-0.05, 0) is 31.0 Å². The molecule has 1 aromatic rings. The summed E-state index contributed by atoms with van der Waals surface area (Å²) in [6, 6.07) is 6.57. The fraction of sp³-hybridized carbons (Fsp3) is 0.412. The molecule has 0 aliphatic heterocycles. The van der Waals surface area contributed by atoms with Crippen LogP contribution in [0, 0.1) is 11.3 Å². The Morgan fingerprint density at radius 3 is 2.79 bits per heavy atom. The van der Waals surface area contributed by atoms with Gasteiger partial charge in [0.2, 0.25) is 0 Å². The van der Waals surface area contributed by atoms with Gasteiger partial charge in [0.05, 0.1) is 10.7 Å². The highest BCUT2D eigenvalue weighted by Gasteiger charge is 2.11. The maximum atomic E-state index is 12.1. The lowest BCUT2D eigenvalue weighted by Gasteiger charge is -2.07. The highest BCUT2D eigenvalue weighted by molar-refractivity contribution is 6.35. The third kappa shape index (κ3) is 7.69. The Morgan fingerprint density at radius 2 is 2.08 bits per heavy atom. The van der Waals surface area contributed by atoms with Crippen molar-refractivity contribution in [3.05, 3.63) is 40.0 Å². The molecule has 1 rings (SSSR count). The lowest BCUT2D eigenvalue weighted by atomic mass is 10.2. The molecule has 0 spiro atoms. The molecule has 0 aromatic heterocycles. The minimum absolute atomic E-state index is 0.0436. The highest BCUT2D eigenvalue weighted by atomic mass is 35.5. The number of nitrogens with one attached hydrogen (secondary N) is 2. The van der Waals surface area contributed by atoms with Gasteiger partial charge in [-0.25, -0.2) is 0 Å². The summed E-state index contributed by atoms with van der Waals surface area (Å²) in [4.78, 5) is 12.1. The molecule has 0 unspecified atom stereocenters. The second kappa shape index (κ2) is 11.7. The Labute approximate surface area is 152 Å². The van der Waals surface area contributed by atoms with E-state index in [4.69, 9.17) is 33.2 Å². The van der Waals surface area contributed by atoms with Gasteiger partial charge in [-0.1, -0.05) is 36.5 Å². The molecule has 0 saturated carbocycles. The molecule has 2 N–H and O–H groups in total. The van der Waals surface area contributed by atoms with E-state index in [2.05, 4.69) is 17.6 Å². The topological polar surface area (TPSA) is 74.1 Å². The van der Waals surface area contributed by atoms with Gasteiger partial charge in [-0.3, -0.25) is 4.79 Å². The van der Waals surface area contributed by atoms with Gasteiger partial charge in [0.1, 0.15) is 11.6 Å². The number of unbranched alkanes of at least 4 members (excludes halogenated alkanes) is 1. The van der Waals surface area contributed by atoms with Crippen molar-refractivity contribution in [2.24, 2.45) is 0 Å². The number of halogens is 2. The molecule has 1 amide bonds. The van der Waals surface area contributed by atoms with Gasteiger partial charge in [0, 0.05) is 31.0 Å². The van der Waals surface area contributed by atoms with Crippen LogP contribution in [-0.2, 0) is 9.53 Å². The molecule has 0 heterocycles. The van der Waals surface area contributed by atoms with Crippen LogP contribution in [0.25, 0.3) is 0 Å². The van der Waals surface area contributed by atoms with Crippen LogP contribution in [0.2, 0.25) is 10.0 Å². The van der Waals surface area contributed by atoms with Crippen molar-refractivity contribution < 1.29 is 9.53 Å². The quantitative estimate of drug-likeness (QED) is 0.369. The van der Waals surface area contributed by atoms with E-state index in [0.29, 0.717) is 28.9 Å². The maximum Gasteiger partial charge on any atom is 0.267 e. The van der Waals surface area contributed by atoms with E-state index in [-0.39, 0.29) is 5.57 Å². The van der Waals surface area contributed by atoms with Crippen LogP contribution < -0.4 is 10.6 Å². The van der Waals surface area contributed by atoms with E-state index < -0.39 is 5.91 Å². The van der Waals surface area contributed by atoms with Crippen LogP contribution in [0.3, 0.4) is 0 Å². The number of hydrogen-bond donors (Lipinski definition) is 2. The first-order valence-corrected chi connectivity index (χ1v) is 8.52. The minimum atomic E-state index is -0.548. The number of carbonyl (C=O) groups is 1. The molecular formula is C17H21Cl2N3O2. The zero-order chi connectivity index (χ0) is 17.8. The Balaban J connectivity index is 2.43. The van der Waals surface area contributed by atoms with Crippen molar-refractivity contribution in [3.63, 3.8) is 0 Å². The van der Waals surface area contributed by atoms with Crippen molar-refractivity contribution in [1.29, 1.82) is 5.26 Å². The number of rotatable bonds is 10. The summed E-state index contributed by atoms with van der Waals surface area (Å²) in [5, 5.41) is 15.4. The molecule has 0 aliphatic rings. The summed E-state index contributed by atoms with van der Waals surface area (Å²) in [6.45, 7) is 4.13. The van der Waals surface area contributed by atoms with E-state index in [1.54, 1.807) is 12.1 Å². The van der Waals surface area contributed by atoms with Gasteiger partial charge in [-0.2, -0.15) is 5.26 Å². The summed E-state index contributed by atoms with van der Waals surface area (Å²) >= 11 is 11.8. The SMILES string of the molecule is CCCCOCCCN/C=C(/C#N)C(=O)Nc1cc(Cl)ccc1Cl. The molecule has 0 aliphatic carbocycles. The summed E-state index contributed by atoms with van der Waals surface area (Å²) in [7, 11) is 0. The predicted octanol–water partition coefficient (Wildman–Crippen LogP) is 4.14. The summed E-state index contributed by atoms with van der Waals surface area (Å²) in [5.41, 5.74) is 0.317. The molecule has 7 heteroatoms. The van der Waals surface area contributed by atoms with Crippen LogP contribution in [0.4, 0.5) is 5.69 Å². The second-order valence-electron chi connectivity index (χ2n) is 5.02. The van der Waals surface area contributed by atoms with Crippen LogP contribution >= 0.6 is 23.2 Å². The van der Waals surface area contributed by atoms with Crippen molar-refractivity contribution >= 4 is 34.8 Å². The van der Waals surface area contributed by atoms with Gasteiger partial charge in [-0.15, -0.1) is 0 Å². The van der Waals surface area contributed by atoms with E-state index in [1.807, 2.05) is 6.07 Å². The van der Waals surface area contributed by atoms with Crippen LogP contribution in [-0.4, -0.2) is 25.7 Å². The molecule has 130 valence electrons. The van der Waals surface area contributed by atoms with E-state index >= 15 is 0 Å². The number of amides is 1. The van der Waals surface area contributed by atoms with E-state index in [9.17, 15) is 4.79 Å². The second-order valence-corrected chi connectivity index (χ2v) is 5.87. The smallest absolute Gasteiger partial charge is 0.267 e. The Bertz CT molecular complexity index is 612. The average molecular weight is 370 g/mol. The summed E-state index contributed by atoms with van der Waals surface area (Å²) in [5.74, 6) is -0.548. The summed E-state index contributed by atoms with van der Waals surface area (Å²) < 4.78 is 5.43. The lowest BCUT2D eigenvalue weighted by molar-refractivity contribution is -0.112. The average Bonchev–Trinajstić information content (AvgIpc) is 2.56. The third-order valence-corrected chi connectivity index (χ3v) is 3.60. The maximum absolute atomic E-state index is 12.1. The number of anilines is 1. The monoisotopic (exact) mass is 369 g/mol. The first-order chi connectivity index (χ1) is 11.6. The number of ether oxygens (including phenoxy) is 1. The van der Waals surface area contributed by atoms with Gasteiger partial charge in [0.25, 0.3) is 5.91 Å². The first-order valence-electron chi connectivity index (χ1n) is 7.76. The fourth-order valence-electron chi connectivity index (χ4n) is 1.73. The molecule has 0 radical (unpaired) electrons. The normalized spacial score (nSPS) is 11.0. The predicted molar refractivity (Wildman–Crippen MR) is 97.1 cm³/mol. The standard InChI is InChI=1S/C17H21Cl2N3O2/c1-2-3-8-24-9-4-7-21-12-13(11-20)17(23)22-16-10-14(18)5-6-15(16)19/h5-6,10,12,21H,2-4,7-9H2,1H3,(H,22,23)/b13-12-. The highest BCUT2D eigenvalue weighted by Crippen LogP contribution is 2.25. The van der Waals surface area contributed by atoms with Gasteiger partial charge >= 0.3 is 0 Å². The zero-order valence-corrected chi connectivity index (χ0v) is 15.1. The van der Waals surface area contributed by atoms with Crippen molar-refractivity contribution in [2.45, 2.75) is 26.2 Å². The number of benzene rings is 1. The summed E-state index contributed by atoms with van der Waals surface area (Å²) in [6.07, 6.45) is 4.34. The molecule has 5 nitrogen and oxygen atoms in total. The van der Waals surface area contributed by atoms with Gasteiger partial charge in [0.15, 0.2) is 0 Å². The molecule has 0 atom stereocenters. The largest absolute Gasteiger partial charge is 0.390 e. The lowest BCUT2D eigenvalue weighted by Crippen LogP contribution is -2.18. The number of nitriles is 1. The number of hydrogen-bond acceptors (Lipinski definition) is 4. The Morgan fingerprint density at radius 1 is 1.33 bits per heavy atom. The number of nitrogens with zero attached hydrogens (tertiary/aromatic N) is 1. The Kier molecular flexibility index (Phi) is 9.94. The van der Waals surface area contributed by atoms with Gasteiger partial charge < -0.3 is 15.4 Å². The minimum Gasteiger partial charge on any atom is -0.390 e. The van der Waals surface area contributed by atoms with Crippen molar-refractivity contribution in [3.8, 4) is 6.07 Å². The molecule has 1 aromatic carbocycles. The van der Waals surface area contributed by atoms with Crippen LogP contribution in [0.5, 0.6) is 0 Å². The zero-order valence-electron chi connectivity index (χ0n) is 13.6. The van der Waals surface area contributed by atoms with Crippen molar-refractivity contribution in [2.75, 3.05) is 25.1 Å². The van der Waals surface area contributed by atoms with Crippen molar-refractivity contribution in [1.82, 2.24) is 5.32 Å². The number of carbonyl (C=O) groups excluding carboxylic acids is 1. The van der Waals surface area contributed by atoms with E-state index in [0.717, 1.165) is 25.9 Å². The fourth-order valence-corrected chi connectivity index (χ4v) is 2.07. The first kappa shape index (κ1) is 20.3. The molecule has 0 saturated heterocycles. The van der Waals surface area contributed by atoms with E-state index in [1.165, 1.54) is 12.3 Å². The molecule has 0 fully saturated rings.